The van der Waals surface area contributed by atoms with E-state index in [4.69, 9.17) is 20.8 Å². The molecule has 0 aliphatic rings. The third kappa shape index (κ3) is 5.65. The number of carbonyl (C=O) groups excluding carboxylic acids is 2. The molecule has 4 rings (SSSR count). The van der Waals surface area contributed by atoms with E-state index in [1.54, 1.807) is 55.7 Å². The number of benzene rings is 2. The summed E-state index contributed by atoms with van der Waals surface area (Å²) in [5.74, 6) is 0.443. The quantitative estimate of drug-likeness (QED) is 0.381. The number of rotatable bonds is 8. The fourth-order valence-corrected chi connectivity index (χ4v) is 3.41. The SMILES string of the molecule is Cc1ccc(Cl)c(OCc2ccc(C(=O)Nc3cn(C)nc3C(=O)NCc3ccco3)cc2)c1. The van der Waals surface area contributed by atoms with Crippen molar-refractivity contribution in [1.29, 1.82) is 0 Å². The highest BCUT2D eigenvalue weighted by molar-refractivity contribution is 6.32. The zero-order valence-corrected chi connectivity index (χ0v) is 19.4. The lowest BCUT2D eigenvalue weighted by Crippen LogP contribution is -2.25. The number of carbonyl (C=O) groups is 2. The molecule has 0 radical (unpaired) electrons. The standard InChI is InChI=1S/C25H23ClN4O4/c1-16-5-10-20(26)22(12-16)34-15-17-6-8-18(9-7-17)24(31)28-21-14-30(2)29-23(21)25(32)27-13-19-4-3-11-33-19/h3-12,14H,13,15H2,1-2H3,(H,27,32)(H,28,31). The highest BCUT2D eigenvalue weighted by atomic mass is 35.5. The number of anilines is 1. The number of aromatic nitrogens is 2. The van der Waals surface area contributed by atoms with Gasteiger partial charge in [0.1, 0.15) is 18.1 Å². The van der Waals surface area contributed by atoms with E-state index in [0.29, 0.717) is 34.4 Å². The second-order valence-corrected chi connectivity index (χ2v) is 8.11. The number of aryl methyl sites for hydroxylation is 2. The average molecular weight is 479 g/mol. The summed E-state index contributed by atoms with van der Waals surface area (Å²) >= 11 is 6.17. The molecule has 0 bridgehead atoms. The van der Waals surface area contributed by atoms with Crippen molar-refractivity contribution >= 4 is 29.1 Å². The van der Waals surface area contributed by atoms with E-state index < -0.39 is 5.91 Å². The van der Waals surface area contributed by atoms with Gasteiger partial charge >= 0.3 is 0 Å². The minimum Gasteiger partial charge on any atom is -0.487 e. The molecule has 0 saturated heterocycles. The average Bonchev–Trinajstić information content (AvgIpc) is 3.48. The molecule has 0 unspecified atom stereocenters. The molecule has 9 heteroatoms. The normalized spacial score (nSPS) is 10.7. The molecular formula is C25H23ClN4O4. The van der Waals surface area contributed by atoms with Gasteiger partial charge < -0.3 is 19.8 Å². The first-order chi connectivity index (χ1) is 16.4. The van der Waals surface area contributed by atoms with E-state index in [2.05, 4.69) is 15.7 Å². The van der Waals surface area contributed by atoms with Crippen LogP contribution in [0, 0.1) is 6.92 Å². The Kier molecular flexibility index (Phi) is 6.98. The highest BCUT2D eigenvalue weighted by Gasteiger charge is 2.19. The fraction of sp³-hybridized carbons (Fsp3) is 0.160. The predicted octanol–water partition coefficient (Wildman–Crippen LogP) is 4.74. The number of ether oxygens (including phenoxy) is 1. The van der Waals surface area contributed by atoms with Crippen LogP contribution in [0.5, 0.6) is 5.75 Å². The van der Waals surface area contributed by atoms with E-state index in [0.717, 1.165) is 11.1 Å². The lowest BCUT2D eigenvalue weighted by atomic mass is 10.1. The van der Waals surface area contributed by atoms with Crippen LogP contribution in [-0.4, -0.2) is 21.6 Å². The van der Waals surface area contributed by atoms with Crippen LogP contribution in [0.4, 0.5) is 5.69 Å². The lowest BCUT2D eigenvalue weighted by Gasteiger charge is -2.10. The minimum absolute atomic E-state index is 0.113. The molecular weight excluding hydrogens is 456 g/mol. The smallest absolute Gasteiger partial charge is 0.274 e. The van der Waals surface area contributed by atoms with Crippen molar-refractivity contribution in [3.05, 3.63) is 100 Å². The molecule has 8 nitrogen and oxygen atoms in total. The number of nitrogens with one attached hydrogen (secondary N) is 2. The Hall–Kier alpha value is -4.04. The van der Waals surface area contributed by atoms with Crippen LogP contribution in [0.3, 0.4) is 0 Å². The number of amides is 2. The van der Waals surface area contributed by atoms with Crippen molar-refractivity contribution in [2.75, 3.05) is 5.32 Å². The topological polar surface area (TPSA) is 98.4 Å². The van der Waals surface area contributed by atoms with E-state index in [-0.39, 0.29) is 18.1 Å². The molecule has 2 N–H and O–H groups in total. The molecule has 4 aromatic rings. The van der Waals surface area contributed by atoms with E-state index in [1.807, 2.05) is 19.1 Å². The molecule has 0 spiro atoms. The Morgan fingerprint density at radius 1 is 1.12 bits per heavy atom. The zero-order chi connectivity index (χ0) is 24.1. The van der Waals surface area contributed by atoms with Gasteiger partial charge in [-0.15, -0.1) is 0 Å². The largest absolute Gasteiger partial charge is 0.487 e. The molecule has 0 saturated carbocycles. The van der Waals surface area contributed by atoms with Gasteiger partial charge in [0.25, 0.3) is 11.8 Å². The molecule has 2 aromatic carbocycles. The predicted molar refractivity (Wildman–Crippen MR) is 128 cm³/mol. The van der Waals surface area contributed by atoms with Crippen molar-refractivity contribution in [3.8, 4) is 5.75 Å². The van der Waals surface area contributed by atoms with Crippen molar-refractivity contribution < 1.29 is 18.7 Å². The third-order valence-corrected chi connectivity index (χ3v) is 5.30. The fourth-order valence-electron chi connectivity index (χ4n) is 3.24. The van der Waals surface area contributed by atoms with Crippen LogP contribution < -0.4 is 15.4 Å². The summed E-state index contributed by atoms with van der Waals surface area (Å²) in [4.78, 5) is 25.3. The second kappa shape index (κ2) is 10.3. The summed E-state index contributed by atoms with van der Waals surface area (Å²) in [7, 11) is 1.67. The van der Waals surface area contributed by atoms with Gasteiger partial charge in [0.2, 0.25) is 0 Å². The van der Waals surface area contributed by atoms with Gasteiger partial charge in [-0.2, -0.15) is 5.10 Å². The molecule has 2 heterocycles. The Labute approximate surface area is 201 Å². The maximum atomic E-state index is 12.8. The first kappa shape index (κ1) is 23.1. The Morgan fingerprint density at radius 2 is 1.91 bits per heavy atom. The number of furan rings is 1. The van der Waals surface area contributed by atoms with Gasteiger partial charge in [-0.25, -0.2) is 0 Å². The number of halogens is 1. The van der Waals surface area contributed by atoms with Crippen LogP contribution in [-0.2, 0) is 20.2 Å². The molecule has 0 aliphatic carbocycles. The summed E-state index contributed by atoms with van der Waals surface area (Å²) in [6.45, 7) is 2.49. The Balaban J connectivity index is 1.38. The summed E-state index contributed by atoms with van der Waals surface area (Å²) < 4.78 is 12.5. The molecule has 2 amide bonds. The maximum absolute atomic E-state index is 12.8. The summed E-state index contributed by atoms with van der Waals surface area (Å²) in [6.07, 6.45) is 3.11. The van der Waals surface area contributed by atoms with Crippen LogP contribution in [0.1, 0.15) is 37.7 Å². The summed E-state index contributed by atoms with van der Waals surface area (Å²) in [6, 6.07) is 16.1. The van der Waals surface area contributed by atoms with Gasteiger partial charge in [0.05, 0.1) is 23.5 Å². The van der Waals surface area contributed by atoms with Crippen LogP contribution in [0.15, 0.2) is 71.5 Å². The van der Waals surface area contributed by atoms with Crippen molar-refractivity contribution in [3.63, 3.8) is 0 Å². The number of hydrogen-bond acceptors (Lipinski definition) is 5. The van der Waals surface area contributed by atoms with Gasteiger partial charge in [-0.05, 0) is 54.4 Å². The molecule has 34 heavy (non-hydrogen) atoms. The van der Waals surface area contributed by atoms with Crippen molar-refractivity contribution in [1.82, 2.24) is 15.1 Å². The number of hydrogen-bond donors (Lipinski definition) is 2. The molecule has 0 aliphatic heterocycles. The first-order valence-corrected chi connectivity index (χ1v) is 10.9. The van der Waals surface area contributed by atoms with Gasteiger partial charge in [0, 0.05) is 18.8 Å². The first-order valence-electron chi connectivity index (χ1n) is 10.5. The monoisotopic (exact) mass is 478 g/mol. The van der Waals surface area contributed by atoms with Gasteiger partial charge in [0.15, 0.2) is 5.69 Å². The molecule has 0 fully saturated rings. The van der Waals surface area contributed by atoms with Crippen molar-refractivity contribution in [2.45, 2.75) is 20.1 Å². The lowest BCUT2D eigenvalue weighted by molar-refractivity contribution is 0.0943. The summed E-state index contributed by atoms with van der Waals surface area (Å²) in [5, 5.41) is 10.2. The van der Waals surface area contributed by atoms with Crippen LogP contribution in [0.2, 0.25) is 5.02 Å². The van der Waals surface area contributed by atoms with E-state index in [9.17, 15) is 9.59 Å². The van der Waals surface area contributed by atoms with E-state index >= 15 is 0 Å². The number of nitrogens with zero attached hydrogens (tertiary/aromatic N) is 2. The molecule has 174 valence electrons. The van der Waals surface area contributed by atoms with Gasteiger partial charge in [-0.3, -0.25) is 14.3 Å². The Bertz CT molecular complexity index is 1300. The molecule has 0 atom stereocenters. The Morgan fingerprint density at radius 3 is 2.65 bits per heavy atom. The minimum atomic E-state index is -0.422. The highest BCUT2D eigenvalue weighted by Crippen LogP contribution is 2.26. The zero-order valence-electron chi connectivity index (χ0n) is 18.7. The summed E-state index contributed by atoms with van der Waals surface area (Å²) in [5.41, 5.74) is 2.79. The van der Waals surface area contributed by atoms with E-state index in [1.165, 1.54) is 10.9 Å². The van der Waals surface area contributed by atoms with Crippen molar-refractivity contribution in [2.24, 2.45) is 7.05 Å². The van der Waals surface area contributed by atoms with Crippen LogP contribution in [0.25, 0.3) is 0 Å². The van der Waals surface area contributed by atoms with Gasteiger partial charge in [-0.1, -0.05) is 29.8 Å². The molecule has 2 aromatic heterocycles. The second-order valence-electron chi connectivity index (χ2n) is 7.70. The van der Waals surface area contributed by atoms with Crippen LogP contribution >= 0.6 is 11.6 Å². The third-order valence-electron chi connectivity index (χ3n) is 4.99. The maximum Gasteiger partial charge on any atom is 0.274 e.